The van der Waals surface area contributed by atoms with E-state index in [2.05, 4.69) is 11.4 Å². The average molecular weight is 352 g/mol. The van der Waals surface area contributed by atoms with Crippen molar-refractivity contribution in [2.75, 3.05) is 23.4 Å². The number of aryl methyl sites for hydroxylation is 1. The predicted octanol–water partition coefficient (Wildman–Crippen LogP) is 3.12. The number of nitriles is 1. The highest BCUT2D eigenvalue weighted by Crippen LogP contribution is 2.36. The van der Waals surface area contributed by atoms with E-state index < -0.39 is 0 Å². The summed E-state index contributed by atoms with van der Waals surface area (Å²) >= 11 is 2.74. The highest BCUT2D eigenvalue weighted by molar-refractivity contribution is 8.00. The molecule has 1 aromatic heterocycles. The maximum atomic E-state index is 12.0. The minimum Gasteiger partial charge on any atom is -0.465 e. The van der Waals surface area contributed by atoms with Gasteiger partial charge in [0.1, 0.15) is 11.1 Å². The fraction of sp³-hybridized carbons (Fsp3) is 0.562. The van der Waals surface area contributed by atoms with Crippen molar-refractivity contribution < 1.29 is 14.3 Å². The molecule has 1 N–H and O–H groups in total. The Morgan fingerprint density at radius 3 is 2.83 bits per heavy atom. The summed E-state index contributed by atoms with van der Waals surface area (Å²) in [6.07, 6.45) is 5.34. The second-order valence-electron chi connectivity index (χ2n) is 5.23. The van der Waals surface area contributed by atoms with Gasteiger partial charge in [0.2, 0.25) is 5.91 Å². The van der Waals surface area contributed by atoms with Crippen LogP contribution in [0.1, 0.15) is 42.2 Å². The van der Waals surface area contributed by atoms with Crippen molar-refractivity contribution in [3.05, 3.63) is 16.0 Å². The number of anilines is 1. The number of thiophene rings is 1. The quantitative estimate of drug-likeness (QED) is 0.628. The van der Waals surface area contributed by atoms with Gasteiger partial charge in [0, 0.05) is 4.88 Å². The molecule has 23 heavy (non-hydrogen) atoms. The van der Waals surface area contributed by atoms with Gasteiger partial charge in [-0.05, 0) is 38.2 Å². The zero-order valence-corrected chi connectivity index (χ0v) is 14.8. The number of rotatable bonds is 6. The summed E-state index contributed by atoms with van der Waals surface area (Å²) in [6.45, 7) is 2.09. The Kier molecular flexibility index (Phi) is 6.93. The minimum atomic E-state index is -0.314. The first-order valence-corrected chi connectivity index (χ1v) is 9.70. The molecule has 0 atom stereocenters. The molecule has 0 radical (unpaired) electrons. The molecule has 5 nitrogen and oxygen atoms in total. The lowest BCUT2D eigenvalue weighted by Crippen LogP contribution is -2.16. The second kappa shape index (κ2) is 8.94. The summed E-state index contributed by atoms with van der Waals surface area (Å²) in [4.78, 5) is 24.5. The third-order valence-corrected chi connectivity index (χ3v) is 5.66. The van der Waals surface area contributed by atoms with Crippen LogP contribution in [0.2, 0.25) is 0 Å². The van der Waals surface area contributed by atoms with Crippen LogP contribution >= 0.6 is 23.1 Å². The fourth-order valence-corrected chi connectivity index (χ4v) is 4.41. The molecule has 1 aromatic rings. The Morgan fingerprint density at radius 1 is 1.30 bits per heavy atom. The van der Waals surface area contributed by atoms with Crippen LogP contribution in [0.25, 0.3) is 0 Å². The number of thioether (sulfide) groups is 1. The third-order valence-electron chi connectivity index (χ3n) is 3.54. The van der Waals surface area contributed by atoms with Crippen molar-refractivity contribution in [2.45, 2.75) is 39.0 Å². The molecule has 0 fully saturated rings. The monoisotopic (exact) mass is 352 g/mol. The molecule has 0 saturated heterocycles. The van der Waals surface area contributed by atoms with Crippen molar-refractivity contribution in [3.8, 4) is 6.07 Å². The van der Waals surface area contributed by atoms with E-state index in [4.69, 9.17) is 4.74 Å². The average Bonchev–Trinajstić information content (AvgIpc) is 2.68. The van der Waals surface area contributed by atoms with E-state index in [9.17, 15) is 14.9 Å². The molecule has 0 saturated carbocycles. The lowest BCUT2D eigenvalue weighted by Gasteiger charge is -2.04. The topological polar surface area (TPSA) is 79.2 Å². The van der Waals surface area contributed by atoms with Gasteiger partial charge >= 0.3 is 5.97 Å². The van der Waals surface area contributed by atoms with Gasteiger partial charge in [0.25, 0.3) is 0 Å². The van der Waals surface area contributed by atoms with Gasteiger partial charge < -0.3 is 10.1 Å². The lowest BCUT2D eigenvalue weighted by atomic mass is 10.1. The molecule has 0 unspecified atom stereocenters. The second-order valence-corrected chi connectivity index (χ2v) is 7.32. The van der Waals surface area contributed by atoms with E-state index in [0.29, 0.717) is 17.2 Å². The number of ether oxygens (including phenoxy) is 1. The summed E-state index contributed by atoms with van der Waals surface area (Å²) in [5, 5.41) is 12.9. The van der Waals surface area contributed by atoms with Crippen LogP contribution in [-0.2, 0) is 27.2 Å². The molecule has 0 bridgehead atoms. The van der Waals surface area contributed by atoms with Crippen LogP contribution in [0.5, 0.6) is 0 Å². The van der Waals surface area contributed by atoms with Crippen LogP contribution in [0.3, 0.4) is 0 Å². The number of nitrogens with one attached hydrogen (secondary N) is 1. The van der Waals surface area contributed by atoms with Crippen LogP contribution in [0.4, 0.5) is 5.00 Å². The van der Waals surface area contributed by atoms with E-state index in [1.165, 1.54) is 34.4 Å². The number of fused-ring (bicyclic) bond motifs is 1. The van der Waals surface area contributed by atoms with Gasteiger partial charge in [-0.15, -0.1) is 23.1 Å². The van der Waals surface area contributed by atoms with Gasteiger partial charge in [0.15, 0.2) is 0 Å². The summed E-state index contributed by atoms with van der Waals surface area (Å²) in [7, 11) is 0. The number of carbonyl (C=O) groups is 2. The SMILES string of the molecule is CCOC(=O)CSCC(=O)Nc1sc2c(c1C#N)CCCCC2. The molecule has 7 heteroatoms. The van der Waals surface area contributed by atoms with Crippen LogP contribution < -0.4 is 5.32 Å². The van der Waals surface area contributed by atoms with Crippen LogP contribution in [0.15, 0.2) is 0 Å². The Hall–Kier alpha value is -1.52. The summed E-state index contributed by atoms with van der Waals surface area (Å²) in [6, 6.07) is 2.24. The number of hydrogen-bond donors (Lipinski definition) is 1. The van der Waals surface area contributed by atoms with Crippen LogP contribution in [-0.4, -0.2) is 30.0 Å². The van der Waals surface area contributed by atoms with Gasteiger partial charge in [0.05, 0.1) is 23.7 Å². The van der Waals surface area contributed by atoms with Crippen molar-refractivity contribution in [2.24, 2.45) is 0 Å². The normalized spacial score (nSPS) is 13.6. The lowest BCUT2D eigenvalue weighted by molar-refractivity contribution is -0.139. The molecule has 0 aliphatic heterocycles. The zero-order chi connectivity index (χ0) is 16.7. The molecule has 0 spiro atoms. The number of carbonyl (C=O) groups excluding carboxylic acids is 2. The van der Waals surface area contributed by atoms with E-state index in [1.807, 2.05) is 0 Å². The molecule has 1 heterocycles. The minimum absolute atomic E-state index is 0.160. The highest BCUT2D eigenvalue weighted by atomic mass is 32.2. The Labute approximate surface area is 144 Å². The largest absolute Gasteiger partial charge is 0.465 e. The van der Waals surface area contributed by atoms with E-state index in [1.54, 1.807) is 6.92 Å². The van der Waals surface area contributed by atoms with E-state index >= 15 is 0 Å². The summed E-state index contributed by atoms with van der Waals surface area (Å²) < 4.78 is 4.81. The van der Waals surface area contributed by atoms with Gasteiger partial charge in [-0.25, -0.2) is 0 Å². The number of amides is 1. The Balaban J connectivity index is 1.93. The summed E-state index contributed by atoms with van der Waals surface area (Å²) in [5.41, 5.74) is 1.74. The third kappa shape index (κ3) is 4.98. The molecule has 0 aromatic carbocycles. The van der Waals surface area contributed by atoms with E-state index in [-0.39, 0.29) is 23.4 Å². The molecule has 124 valence electrons. The molecule has 2 rings (SSSR count). The maximum absolute atomic E-state index is 12.0. The van der Waals surface area contributed by atoms with Crippen molar-refractivity contribution >= 4 is 40.0 Å². The predicted molar refractivity (Wildman–Crippen MR) is 92.9 cm³/mol. The molecular weight excluding hydrogens is 332 g/mol. The van der Waals surface area contributed by atoms with E-state index in [0.717, 1.165) is 31.2 Å². The fourth-order valence-electron chi connectivity index (χ4n) is 2.54. The number of nitrogens with zero attached hydrogens (tertiary/aromatic N) is 1. The first kappa shape index (κ1) is 17.8. The first-order valence-electron chi connectivity index (χ1n) is 7.73. The molecule has 1 aliphatic carbocycles. The number of esters is 1. The molecular formula is C16H20N2O3S2. The van der Waals surface area contributed by atoms with Crippen molar-refractivity contribution in [3.63, 3.8) is 0 Å². The van der Waals surface area contributed by atoms with Gasteiger partial charge in [-0.3, -0.25) is 9.59 Å². The molecule has 1 amide bonds. The summed E-state index contributed by atoms with van der Waals surface area (Å²) in [5.74, 6) is -0.169. The van der Waals surface area contributed by atoms with Gasteiger partial charge in [-0.2, -0.15) is 5.26 Å². The first-order chi connectivity index (χ1) is 11.2. The van der Waals surface area contributed by atoms with Crippen molar-refractivity contribution in [1.29, 1.82) is 5.26 Å². The highest BCUT2D eigenvalue weighted by Gasteiger charge is 2.21. The van der Waals surface area contributed by atoms with Gasteiger partial charge in [-0.1, -0.05) is 6.42 Å². The zero-order valence-electron chi connectivity index (χ0n) is 13.1. The number of hydrogen-bond acceptors (Lipinski definition) is 6. The van der Waals surface area contributed by atoms with Crippen LogP contribution in [0, 0.1) is 11.3 Å². The Morgan fingerprint density at radius 2 is 2.09 bits per heavy atom. The standard InChI is InChI=1S/C16H20N2O3S2/c1-2-21-15(20)10-22-9-14(19)18-16-12(8-17)11-6-4-3-5-7-13(11)23-16/h2-7,9-10H2,1H3,(H,18,19). The smallest absolute Gasteiger partial charge is 0.315 e. The Bertz CT molecular complexity index is 620. The van der Waals surface area contributed by atoms with Crippen molar-refractivity contribution in [1.82, 2.24) is 0 Å². The molecule has 1 aliphatic rings. The maximum Gasteiger partial charge on any atom is 0.315 e.